The minimum Gasteiger partial charge on any atom is -0.506 e. The van der Waals surface area contributed by atoms with Crippen LogP contribution in [0.4, 0.5) is 13.2 Å². The molecule has 1 aromatic rings. The third kappa shape index (κ3) is 2.98. The second-order valence-corrected chi connectivity index (χ2v) is 4.03. The van der Waals surface area contributed by atoms with Crippen molar-refractivity contribution in [3.63, 3.8) is 0 Å². The van der Waals surface area contributed by atoms with Gasteiger partial charge in [0.2, 0.25) is 0 Å². The first-order valence-electron chi connectivity index (χ1n) is 4.38. The summed E-state index contributed by atoms with van der Waals surface area (Å²) in [5, 5.41) is 9.25. The van der Waals surface area contributed by atoms with Gasteiger partial charge in [-0.15, -0.1) is 0 Å². The number of aldehydes is 1. The molecule has 0 bridgehead atoms. The monoisotopic (exact) mass is 296 g/mol. The lowest BCUT2D eigenvalue weighted by atomic mass is 10.1. The Hall–Kier alpha value is -1.04. The molecular formula is C10H8BrF3O2. The van der Waals surface area contributed by atoms with Crippen molar-refractivity contribution in [3.8, 4) is 5.75 Å². The van der Waals surface area contributed by atoms with Gasteiger partial charge < -0.3 is 9.90 Å². The Bertz CT molecular complexity index is 402. The largest absolute Gasteiger partial charge is 0.506 e. The van der Waals surface area contributed by atoms with Crippen molar-refractivity contribution in [2.75, 3.05) is 0 Å². The molecule has 1 N–H and O–H groups in total. The van der Waals surface area contributed by atoms with Crippen molar-refractivity contribution in [3.05, 3.63) is 27.7 Å². The lowest BCUT2D eigenvalue weighted by molar-refractivity contribution is -0.138. The van der Waals surface area contributed by atoms with E-state index in [9.17, 15) is 23.1 Å². The number of alkyl halides is 3. The summed E-state index contributed by atoms with van der Waals surface area (Å²) in [6.07, 6.45) is -3.61. The van der Waals surface area contributed by atoms with Gasteiger partial charge in [-0.25, -0.2) is 0 Å². The summed E-state index contributed by atoms with van der Waals surface area (Å²) in [6, 6.07) is 2.22. The molecule has 0 heterocycles. The van der Waals surface area contributed by atoms with Crippen LogP contribution in [0.25, 0.3) is 0 Å². The number of rotatable bonds is 3. The molecule has 0 fully saturated rings. The highest BCUT2D eigenvalue weighted by Gasteiger charge is 2.35. The molecule has 6 heteroatoms. The molecule has 0 saturated heterocycles. The molecule has 0 aliphatic carbocycles. The molecule has 0 spiro atoms. The van der Waals surface area contributed by atoms with Crippen LogP contribution in [-0.4, -0.2) is 11.4 Å². The summed E-state index contributed by atoms with van der Waals surface area (Å²) in [5.74, 6) is -0.831. The van der Waals surface area contributed by atoms with Gasteiger partial charge in [0.05, 0.1) is 10.0 Å². The fraction of sp³-hybridized carbons (Fsp3) is 0.300. The van der Waals surface area contributed by atoms with Gasteiger partial charge >= 0.3 is 6.18 Å². The van der Waals surface area contributed by atoms with E-state index in [0.29, 0.717) is 11.8 Å². The molecule has 1 rings (SSSR count). The van der Waals surface area contributed by atoms with Gasteiger partial charge in [0.15, 0.2) is 0 Å². The Kier molecular flexibility index (Phi) is 3.96. The summed E-state index contributed by atoms with van der Waals surface area (Å²) in [4.78, 5) is 10.1. The van der Waals surface area contributed by atoms with Crippen molar-refractivity contribution in [2.24, 2.45) is 0 Å². The van der Waals surface area contributed by atoms with Gasteiger partial charge in [0.25, 0.3) is 0 Å². The van der Waals surface area contributed by atoms with Gasteiger partial charge in [-0.2, -0.15) is 13.2 Å². The molecular weight excluding hydrogens is 289 g/mol. The molecule has 16 heavy (non-hydrogen) atoms. The Balaban J connectivity index is 3.17. The molecule has 2 nitrogen and oxygen atoms in total. The van der Waals surface area contributed by atoms with Gasteiger partial charge in [-0.3, -0.25) is 0 Å². The molecule has 0 unspecified atom stereocenters. The van der Waals surface area contributed by atoms with Crippen LogP contribution in [0.5, 0.6) is 5.75 Å². The van der Waals surface area contributed by atoms with Gasteiger partial charge in [-0.05, 0) is 40.0 Å². The number of halogens is 4. The fourth-order valence-electron chi connectivity index (χ4n) is 1.24. The number of phenols is 1. The van der Waals surface area contributed by atoms with Crippen molar-refractivity contribution < 1.29 is 23.1 Å². The van der Waals surface area contributed by atoms with E-state index in [2.05, 4.69) is 15.9 Å². The number of benzene rings is 1. The normalized spacial score (nSPS) is 11.5. The van der Waals surface area contributed by atoms with E-state index in [0.717, 1.165) is 6.07 Å². The third-order valence-electron chi connectivity index (χ3n) is 1.98. The number of phenolic OH excluding ortho intramolecular Hbond substituents is 1. The van der Waals surface area contributed by atoms with Crippen molar-refractivity contribution in [1.82, 2.24) is 0 Å². The first kappa shape index (κ1) is 13.0. The van der Waals surface area contributed by atoms with Crippen LogP contribution in [0.3, 0.4) is 0 Å². The van der Waals surface area contributed by atoms with Crippen molar-refractivity contribution in [2.45, 2.75) is 19.0 Å². The summed E-state index contributed by atoms with van der Waals surface area (Å²) < 4.78 is 37.4. The van der Waals surface area contributed by atoms with Crippen LogP contribution in [0.2, 0.25) is 0 Å². The van der Waals surface area contributed by atoms with Gasteiger partial charge in [-0.1, -0.05) is 0 Å². The highest BCUT2D eigenvalue weighted by molar-refractivity contribution is 9.10. The first-order valence-corrected chi connectivity index (χ1v) is 5.17. The van der Waals surface area contributed by atoms with Crippen LogP contribution in [0, 0.1) is 0 Å². The van der Waals surface area contributed by atoms with E-state index >= 15 is 0 Å². The van der Waals surface area contributed by atoms with Gasteiger partial charge in [0.1, 0.15) is 12.0 Å². The van der Waals surface area contributed by atoms with Gasteiger partial charge in [0, 0.05) is 6.42 Å². The maximum absolute atomic E-state index is 12.5. The number of hydrogen-bond acceptors (Lipinski definition) is 2. The highest BCUT2D eigenvalue weighted by atomic mass is 79.9. The van der Waals surface area contributed by atoms with E-state index in [-0.39, 0.29) is 17.3 Å². The Morgan fingerprint density at radius 1 is 1.38 bits per heavy atom. The first-order chi connectivity index (χ1) is 7.36. The number of carbonyl (C=O) groups excluding carboxylic acids is 1. The maximum Gasteiger partial charge on any atom is 0.420 e. The highest BCUT2D eigenvalue weighted by Crippen LogP contribution is 2.40. The molecule has 0 radical (unpaired) electrons. The quantitative estimate of drug-likeness (QED) is 0.869. The fourth-order valence-corrected chi connectivity index (χ4v) is 1.75. The topological polar surface area (TPSA) is 37.3 Å². The zero-order valence-corrected chi connectivity index (χ0v) is 9.60. The average molecular weight is 297 g/mol. The van der Waals surface area contributed by atoms with Crippen LogP contribution in [0.1, 0.15) is 17.5 Å². The number of hydrogen-bond donors (Lipinski definition) is 1. The molecule has 0 aromatic heterocycles. The molecule has 0 atom stereocenters. The van der Waals surface area contributed by atoms with E-state index in [1.54, 1.807) is 0 Å². The Morgan fingerprint density at radius 3 is 2.50 bits per heavy atom. The molecule has 88 valence electrons. The lowest BCUT2D eigenvalue weighted by Crippen LogP contribution is -2.06. The molecule has 0 amide bonds. The summed E-state index contributed by atoms with van der Waals surface area (Å²) >= 11 is 2.84. The van der Waals surface area contributed by atoms with E-state index in [4.69, 9.17) is 0 Å². The molecule has 0 aliphatic heterocycles. The average Bonchev–Trinajstić information content (AvgIpc) is 2.17. The Labute approximate surface area is 98.2 Å². The maximum atomic E-state index is 12.5. The summed E-state index contributed by atoms with van der Waals surface area (Å²) in [7, 11) is 0. The minimum atomic E-state index is -4.61. The predicted octanol–water partition coefficient (Wildman–Crippen LogP) is 3.31. The number of aryl methyl sites for hydroxylation is 1. The number of aromatic hydroxyl groups is 1. The standard InChI is InChI=1S/C10H8BrF3O2/c11-8-5-6(2-1-3-15)4-7(9(8)16)10(12,13)14/h3-5,16H,1-2H2. The zero-order valence-electron chi connectivity index (χ0n) is 8.01. The van der Waals surface area contributed by atoms with E-state index in [1.165, 1.54) is 6.07 Å². The summed E-state index contributed by atoms with van der Waals surface area (Å²) in [6.45, 7) is 0. The van der Waals surface area contributed by atoms with Crippen molar-refractivity contribution >= 4 is 22.2 Å². The van der Waals surface area contributed by atoms with E-state index < -0.39 is 17.5 Å². The molecule has 0 aliphatic rings. The SMILES string of the molecule is O=CCCc1cc(Br)c(O)c(C(F)(F)F)c1. The van der Waals surface area contributed by atoms with E-state index in [1.807, 2.05) is 0 Å². The smallest absolute Gasteiger partial charge is 0.420 e. The second kappa shape index (κ2) is 4.86. The van der Waals surface area contributed by atoms with Crippen LogP contribution >= 0.6 is 15.9 Å². The van der Waals surface area contributed by atoms with Crippen LogP contribution in [-0.2, 0) is 17.4 Å². The number of carbonyl (C=O) groups is 1. The Morgan fingerprint density at radius 2 is 2.00 bits per heavy atom. The predicted molar refractivity (Wildman–Crippen MR) is 55.2 cm³/mol. The van der Waals surface area contributed by atoms with Crippen LogP contribution < -0.4 is 0 Å². The minimum absolute atomic E-state index is 0.0248. The zero-order chi connectivity index (χ0) is 12.3. The summed E-state index contributed by atoms with van der Waals surface area (Å²) in [5.41, 5.74) is -0.744. The molecule has 0 saturated carbocycles. The van der Waals surface area contributed by atoms with Crippen molar-refractivity contribution in [1.29, 1.82) is 0 Å². The third-order valence-corrected chi connectivity index (χ3v) is 2.58. The lowest BCUT2D eigenvalue weighted by Gasteiger charge is -2.12. The second-order valence-electron chi connectivity index (χ2n) is 3.18. The molecule has 1 aromatic carbocycles. The van der Waals surface area contributed by atoms with Crippen LogP contribution in [0.15, 0.2) is 16.6 Å².